The van der Waals surface area contributed by atoms with E-state index in [9.17, 15) is 0 Å². The van der Waals surface area contributed by atoms with E-state index in [1.54, 1.807) is 0 Å². The first kappa shape index (κ1) is 32.2. The second-order valence-electron chi connectivity index (χ2n) is 14.9. The number of furan rings is 1. The standard InChI is InChI=1S/C51H34N4OS/c1-3-14-31(15-4-1)49-52-50(32-16-5-2-6-17-32)54-51(53-49)39-22-12-26-43-46(39)38-21-11-20-34(48(38)56-43)33-28-29-37-45(30-33)57-44-27-13-25-42(47(37)44)55-40-23-9-7-18-35(40)36-19-8-10-24-41(36)55/h1-16,18-30,32,51H,17H2,(H,52,53,54). The highest BCUT2D eigenvalue weighted by atomic mass is 32.1. The maximum absolute atomic E-state index is 6.82. The normalized spacial score (nSPS) is 16.9. The second kappa shape index (κ2) is 12.8. The molecular formula is C51H34N4OS. The highest BCUT2D eigenvalue weighted by Crippen LogP contribution is 2.44. The van der Waals surface area contributed by atoms with Crippen LogP contribution in [-0.4, -0.2) is 16.2 Å². The van der Waals surface area contributed by atoms with Crippen LogP contribution in [0.1, 0.15) is 23.7 Å². The molecule has 6 heteroatoms. The summed E-state index contributed by atoms with van der Waals surface area (Å²) in [5.74, 6) is 1.78. The van der Waals surface area contributed by atoms with Gasteiger partial charge in [-0.15, -0.1) is 11.3 Å². The molecule has 0 bridgehead atoms. The van der Waals surface area contributed by atoms with Gasteiger partial charge in [-0.25, -0.2) is 9.98 Å². The van der Waals surface area contributed by atoms with E-state index < -0.39 is 0 Å². The summed E-state index contributed by atoms with van der Waals surface area (Å²) in [4.78, 5) is 10.3. The van der Waals surface area contributed by atoms with Crippen LogP contribution in [0.4, 0.5) is 0 Å². The van der Waals surface area contributed by atoms with Crippen molar-refractivity contribution in [3.05, 3.63) is 187 Å². The lowest BCUT2D eigenvalue weighted by Crippen LogP contribution is -2.35. The van der Waals surface area contributed by atoms with Crippen molar-refractivity contribution in [2.45, 2.75) is 12.6 Å². The van der Waals surface area contributed by atoms with Crippen LogP contribution in [0.5, 0.6) is 0 Å². The van der Waals surface area contributed by atoms with Gasteiger partial charge < -0.3 is 14.3 Å². The van der Waals surface area contributed by atoms with Gasteiger partial charge in [0.1, 0.15) is 29.0 Å². The topological polar surface area (TPSA) is 54.8 Å². The summed E-state index contributed by atoms with van der Waals surface area (Å²) in [7, 11) is 0. The van der Waals surface area contributed by atoms with E-state index in [1.165, 1.54) is 47.7 Å². The van der Waals surface area contributed by atoms with Gasteiger partial charge in [0.15, 0.2) is 0 Å². The predicted octanol–water partition coefficient (Wildman–Crippen LogP) is 13.3. The van der Waals surface area contributed by atoms with Crippen molar-refractivity contribution in [2.75, 3.05) is 0 Å². The Hall–Kier alpha value is -7.02. The summed E-state index contributed by atoms with van der Waals surface area (Å²) < 4.78 is 11.8. The number of nitrogens with zero attached hydrogens (tertiary/aromatic N) is 3. The van der Waals surface area contributed by atoms with E-state index >= 15 is 0 Å². The molecule has 1 aliphatic carbocycles. The summed E-state index contributed by atoms with van der Waals surface area (Å²) in [6.07, 6.45) is 9.12. The molecule has 4 heterocycles. The number of aliphatic imine (C=N–C) groups is 2. The molecule has 3 aromatic heterocycles. The van der Waals surface area contributed by atoms with E-state index in [1.807, 2.05) is 17.4 Å². The van der Waals surface area contributed by atoms with E-state index in [4.69, 9.17) is 14.4 Å². The van der Waals surface area contributed by atoms with Gasteiger partial charge in [-0.1, -0.05) is 140 Å². The van der Waals surface area contributed by atoms with E-state index in [2.05, 4.69) is 180 Å². The number of hydrogen-bond donors (Lipinski definition) is 1. The highest BCUT2D eigenvalue weighted by Gasteiger charge is 2.27. The van der Waals surface area contributed by atoms with Crippen LogP contribution < -0.4 is 5.32 Å². The van der Waals surface area contributed by atoms with Crippen molar-refractivity contribution < 1.29 is 4.42 Å². The molecule has 7 aromatic carbocycles. The number of para-hydroxylation sites is 3. The van der Waals surface area contributed by atoms with Gasteiger partial charge in [0.05, 0.1) is 16.7 Å². The van der Waals surface area contributed by atoms with Gasteiger partial charge in [-0.05, 0) is 48.4 Å². The van der Waals surface area contributed by atoms with Crippen molar-refractivity contribution >= 4 is 86.9 Å². The Kier molecular flexibility index (Phi) is 7.22. The maximum atomic E-state index is 6.82. The van der Waals surface area contributed by atoms with Crippen LogP contribution in [0.25, 0.3) is 80.7 Å². The fraction of sp³-hybridized carbons (Fsp3) is 0.0588. The first-order valence-electron chi connectivity index (χ1n) is 19.5. The third kappa shape index (κ3) is 5.07. The van der Waals surface area contributed by atoms with Crippen molar-refractivity contribution in [1.29, 1.82) is 0 Å². The Bertz CT molecular complexity index is 3320. The van der Waals surface area contributed by atoms with Crippen molar-refractivity contribution in [1.82, 2.24) is 9.88 Å². The summed E-state index contributed by atoms with van der Waals surface area (Å²) in [6, 6.07) is 54.2. The summed E-state index contributed by atoms with van der Waals surface area (Å²) in [5.41, 5.74) is 9.67. The second-order valence-corrected chi connectivity index (χ2v) is 15.9. The quantitative estimate of drug-likeness (QED) is 0.190. The first-order valence-corrected chi connectivity index (χ1v) is 20.3. The lowest BCUT2D eigenvalue weighted by molar-refractivity contribution is 0.656. The molecule has 0 radical (unpaired) electrons. The molecule has 0 saturated carbocycles. The number of hydrogen-bond acceptors (Lipinski definition) is 5. The molecule has 0 spiro atoms. The smallest absolute Gasteiger partial charge is 0.148 e. The van der Waals surface area contributed by atoms with E-state index in [0.29, 0.717) is 0 Å². The van der Waals surface area contributed by atoms with Gasteiger partial charge >= 0.3 is 0 Å². The fourth-order valence-electron chi connectivity index (χ4n) is 8.99. The maximum Gasteiger partial charge on any atom is 0.148 e. The lowest BCUT2D eigenvalue weighted by Gasteiger charge is -2.26. The lowest BCUT2D eigenvalue weighted by atomic mass is 9.97. The minimum Gasteiger partial charge on any atom is -0.455 e. The molecule has 2 unspecified atom stereocenters. The third-order valence-corrected chi connectivity index (χ3v) is 12.7. The number of rotatable bonds is 5. The van der Waals surface area contributed by atoms with Crippen LogP contribution in [-0.2, 0) is 0 Å². The van der Waals surface area contributed by atoms with Crippen molar-refractivity contribution in [3.63, 3.8) is 0 Å². The van der Waals surface area contributed by atoms with Crippen molar-refractivity contribution in [3.8, 4) is 16.8 Å². The first-order chi connectivity index (χ1) is 28.3. The summed E-state index contributed by atoms with van der Waals surface area (Å²) >= 11 is 1.85. The molecule has 57 heavy (non-hydrogen) atoms. The number of thiophene rings is 1. The van der Waals surface area contributed by atoms with Crippen LogP contribution >= 0.6 is 11.3 Å². The van der Waals surface area contributed by atoms with Gasteiger partial charge in [-0.2, -0.15) is 0 Å². The predicted molar refractivity (Wildman–Crippen MR) is 239 cm³/mol. The fourth-order valence-corrected chi connectivity index (χ4v) is 10.2. The Morgan fingerprint density at radius 2 is 1.40 bits per heavy atom. The molecule has 1 N–H and O–H groups in total. The summed E-state index contributed by atoms with van der Waals surface area (Å²) in [6.45, 7) is 0. The minimum absolute atomic E-state index is 0.118. The number of allylic oxidation sites excluding steroid dienone is 3. The zero-order valence-electron chi connectivity index (χ0n) is 30.8. The molecule has 270 valence electrons. The van der Waals surface area contributed by atoms with Crippen LogP contribution in [0.15, 0.2) is 190 Å². The zero-order chi connectivity index (χ0) is 37.5. The number of benzene rings is 7. The molecule has 0 saturated heterocycles. The molecule has 12 rings (SSSR count). The highest BCUT2D eigenvalue weighted by molar-refractivity contribution is 7.26. The molecule has 0 amide bonds. The average Bonchev–Trinajstić information content (AvgIpc) is 3.96. The SMILES string of the molecule is C1=CCC(C2=NC(c3cccc4oc5c(-c6ccc7c(c6)sc6cccc(-n8c9ccccc9c9ccccc98)c67)cccc5c34)NC(c3ccccc3)=N2)C=C1. The Morgan fingerprint density at radius 1 is 0.632 bits per heavy atom. The molecule has 10 aromatic rings. The van der Waals surface area contributed by atoms with Crippen molar-refractivity contribution in [2.24, 2.45) is 15.9 Å². The number of amidine groups is 2. The van der Waals surface area contributed by atoms with Gasteiger partial charge in [-0.3, -0.25) is 0 Å². The molecular weight excluding hydrogens is 717 g/mol. The Morgan fingerprint density at radius 3 is 2.23 bits per heavy atom. The molecule has 0 fully saturated rings. The van der Waals surface area contributed by atoms with Gasteiger partial charge in [0.25, 0.3) is 0 Å². The Labute approximate surface area is 332 Å². The third-order valence-electron chi connectivity index (χ3n) is 11.6. The monoisotopic (exact) mass is 750 g/mol. The Balaban J connectivity index is 0.992. The number of nitrogens with one attached hydrogen (secondary N) is 1. The van der Waals surface area contributed by atoms with Gasteiger partial charge in [0.2, 0.25) is 0 Å². The number of aromatic nitrogens is 1. The van der Waals surface area contributed by atoms with Crippen LogP contribution in [0.2, 0.25) is 0 Å². The minimum atomic E-state index is -0.334. The van der Waals surface area contributed by atoms with E-state index in [0.717, 1.165) is 62.3 Å². The van der Waals surface area contributed by atoms with Gasteiger partial charge in [0, 0.05) is 64.3 Å². The average molecular weight is 751 g/mol. The number of fused-ring (bicyclic) bond motifs is 9. The molecule has 2 aliphatic rings. The van der Waals surface area contributed by atoms with Crippen LogP contribution in [0, 0.1) is 5.92 Å². The van der Waals surface area contributed by atoms with Crippen LogP contribution in [0.3, 0.4) is 0 Å². The molecule has 5 nitrogen and oxygen atoms in total. The van der Waals surface area contributed by atoms with E-state index in [-0.39, 0.29) is 12.1 Å². The zero-order valence-corrected chi connectivity index (χ0v) is 31.6. The largest absolute Gasteiger partial charge is 0.455 e. The molecule has 1 aliphatic heterocycles. The summed E-state index contributed by atoms with van der Waals surface area (Å²) in [5, 5.41) is 10.9. The molecule has 2 atom stereocenters.